The van der Waals surface area contributed by atoms with Crippen LogP contribution in [0.1, 0.15) is 47.0 Å². The topological polar surface area (TPSA) is 20.2 Å². The monoisotopic (exact) mass is 220 g/mol. The molecule has 1 heteroatoms. The zero-order valence-corrected chi connectivity index (χ0v) is 11.0. The lowest BCUT2D eigenvalue weighted by Crippen LogP contribution is -2.27. The van der Waals surface area contributed by atoms with Crippen LogP contribution in [0.3, 0.4) is 0 Å². The highest BCUT2D eigenvalue weighted by Crippen LogP contribution is 2.36. The number of aliphatic hydroxyl groups is 1. The van der Waals surface area contributed by atoms with Gasteiger partial charge in [-0.25, -0.2) is 0 Å². The molecule has 0 aromatic heterocycles. The van der Waals surface area contributed by atoms with Crippen molar-refractivity contribution in [3.63, 3.8) is 0 Å². The van der Waals surface area contributed by atoms with Crippen molar-refractivity contribution in [2.45, 2.75) is 52.6 Å². The fraction of sp³-hybridized carbons (Fsp3) is 0.600. The summed E-state index contributed by atoms with van der Waals surface area (Å²) >= 11 is 0. The van der Waals surface area contributed by atoms with E-state index in [1.54, 1.807) is 6.08 Å². The van der Waals surface area contributed by atoms with Gasteiger partial charge in [0.2, 0.25) is 0 Å². The lowest BCUT2D eigenvalue weighted by Gasteiger charge is -2.31. The average molecular weight is 220 g/mol. The molecule has 1 nitrogen and oxygen atoms in total. The van der Waals surface area contributed by atoms with Gasteiger partial charge < -0.3 is 5.11 Å². The first-order valence-corrected chi connectivity index (χ1v) is 6.03. The predicted molar refractivity (Wildman–Crippen MR) is 70.3 cm³/mol. The molecule has 2 atom stereocenters. The second-order valence-corrected chi connectivity index (χ2v) is 5.45. The molecule has 0 aromatic carbocycles. The van der Waals surface area contributed by atoms with E-state index in [1.807, 2.05) is 6.92 Å². The van der Waals surface area contributed by atoms with Gasteiger partial charge in [0.15, 0.2) is 0 Å². The molecule has 0 saturated heterocycles. The second-order valence-electron chi connectivity index (χ2n) is 5.45. The lowest BCUT2D eigenvalue weighted by atomic mass is 9.77. The van der Waals surface area contributed by atoms with Gasteiger partial charge in [-0.15, -0.1) is 6.58 Å². The zero-order chi connectivity index (χ0) is 12.3. The van der Waals surface area contributed by atoms with Gasteiger partial charge in [-0.3, -0.25) is 0 Å². The summed E-state index contributed by atoms with van der Waals surface area (Å²) < 4.78 is 0. The van der Waals surface area contributed by atoms with Crippen LogP contribution in [0.2, 0.25) is 0 Å². The number of rotatable bonds is 3. The van der Waals surface area contributed by atoms with Crippen LogP contribution in [0, 0.1) is 5.92 Å². The molecular weight excluding hydrogens is 196 g/mol. The third-order valence-corrected chi connectivity index (χ3v) is 3.47. The van der Waals surface area contributed by atoms with Crippen LogP contribution < -0.4 is 0 Å². The van der Waals surface area contributed by atoms with Crippen molar-refractivity contribution in [2.75, 3.05) is 0 Å². The Labute approximate surface area is 99.6 Å². The summed E-state index contributed by atoms with van der Waals surface area (Å²) in [6.45, 7) is 12.1. The van der Waals surface area contributed by atoms with Crippen molar-refractivity contribution in [2.24, 2.45) is 5.92 Å². The predicted octanol–water partition coefficient (Wildman–Crippen LogP) is 4.01. The van der Waals surface area contributed by atoms with E-state index in [-0.39, 0.29) is 0 Å². The number of hydrogen-bond donors (Lipinski definition) is 1. The Hall–Kier alpha value is -0.820. The van der Waals surface area contributed by atoms with Gasteiger partial charge in [0.05, 0.1) is 5.60 Å². The third kappa shape index (κ3) is 3.34. The Morgan fingerprint density at radius 3 is 2.75 bits per heavy atom. The highest BCUT2D eigenvalue weighted by Gasteiger charge is 2.27. The quantitative estimate of drug-likeness (QED) is 0.713. The normalized spacial score (nSPS) is 24.7. The number of allylic oxidation sites excluding steroid dienone is 4. The molecule has 0 fully saturated rings. The molecule has 0 saturated carbocycles. The number of hydrogen-bond acceptors (Lipinski definition) is 1. The fourth-order valence-electron chi connectivity index (χ4n) is 2.44. The Morgan fingerprint density at radius 2 is 2.25 bits per heavy atom. The molecule has 0 aromatic rings. The molecule has 0 heterocycles. The highest BCUT2D eigenvalue weighted by atomic mass is 16.3. The lowest BCUT2D eigenvalue weighted by molar-refractivity contribution is 0.0867. The van der Waals surface area contributed by atoms with E-state index < -0.39 is 5.60 Å². The largest absolute Gasteiger partial charge is 0.386 e. The Morgan fingerprint density at radius 1 is 1.62 bits per heavy atom. The molecule has 1 aliphatic carbocycles. The maximum absolute atomic E-state index is 10.1. The summed E-state index contributed by atoms with van der Waals surface area (Å²) in [5, 5.41) is 10.1. The average Bonchev–Trinajstić information content (AvgIpc) is 2.16. The van der Waals surface area contributed by atoms with Crippen LogP contribution in [0.5, 0.6) is 0 Å². The molecule has 0 bridgehead atoms. The molecule has 0 aliphatic heterocycles. The van der Waals surface area contributed by atoms with E-state index in [4.69, 9.17) is 0 Å². The zero-order valence-electron chi connectivity index (χ0n) is 11.0. The van der Waals surface area contributed by atoms with E-state index in [0.29, 0.717) is 5.92 Å². The molecule has 1 N–H and O–H groups in total. The van der Waals surface area contributed by atoms with E-state index in [0.717, 1.165) is 19.3 Å². The van der Waals surface area contributed by atoms with Crippen LogP contribution >= 0.6 is 0 Å². The van der Waals surface area contributed by atoms with Gasteiger partial charge in [-0.05, 0) is 52.9 Å². The SMILES string of the molecule is C=CC(C)(O)CC1CC(C)=CCC1=C(C)C. The molecule has 1 rings (SSSR count). The molecule has 16 heavy (non-hydrogen) atoms. The maximum atomic E-state index is 10.1. The Kier molecular flexibility index (Phi) is 4.15. The van der Waals surface area contributed by atoms with Crippen molar-refractivity contribution < 1.29 is 5.11 Å². The minimum absolute atomic E-state index is 0.475. The molecule has 0 spiro atoms. The van der Waals surface area contributed by atoms with Crippen LogP contribution in [0.15, 0.2) is 35.5 Å². The van der Waals surface area contributed by atoms with Crippen molar-refractivity contribution in [1.82, 2.24) is 0 Å². The van der Waals surface area contributed by atoms with Gasteiger partial charge in [-0.1, -0.05) is 28.9 Å². The molecule has 2 unspecified atom stereocenters. The third-order valence-electron chi connectivity index (χ3n) is 3.47. The van der Waals surface area contributed by atoms with Gasteiger partial charge in [0.1, 0.15) is 0 Å². The van der Waals surface area contributed by atoms with E-state index in [9.17, 15) is 5.11 Å². The maximum Gasteiger partial charge on any atom is 0.0802 e. The van der Waals surface area contributed by atoms with E-state index in [2.05, 4.69) is 33.4 Å². The van der Waals surface area contributed by atoms with E-state index >= 15 is 0 Å². The molecular formula is C15H24O. The second kappa shape index (κ2) is 5.01. The van der Waals surface area contributed by atoms with Crippen LogP contribution in [-0.4, -0.2) is 10.7 Å². The van der Waals surface area contributed by atoms with E-state index in [1.165, 1.54) is 16.7 Å². The van der Waals surface area contributed by atoms with Gasteiger partial charge >= 0.3 is 0 Å². The summed E-state index contributed by atoms with van der Waals surface area (Å²) in [6, 6.07) is 0. The first-order chi connectivity index (χ1) is 7.35. The Balaban J connectivity index is 2.89. The molecule has 1 aliphatic rings. The minimum atomic E-state index is -0.747. The van der Waals surface area contributed by atoms with Crippen molar-refractivity contribution in [3.05, 3.63) is 35.5 Å². The summed E-state index contributed by atoms with van der Waals surface area (Å²) in [6.07, 6.45) is 6.86. The van der Waals surface area contributed by atoms with Crippen molar-refractivity contribution in [1.29, 1.82) is 0 Å². The minimum Gasteiger partial charge on any atom is -0.386 e. The van der Waals surface area contributed by atoms with Gasteiger partial charge in [0.25, 0.3) is 0 Å². The van der Waals surface area contributed by atoms with Crippen molar-refractivity contribution >= 4 is 0 Å². The smallest absolute Gasteiger partial charge is 0.0802 e. The van der Waals surface area contributed by atoms with Crippen LogP contribution in [0.4, 0.5) is 0 Å². The summed E-state index contributed by atoms with van der Waals surface area (Å²) in [5.74, 6) is 0.475. The van der Waals surface area contributed by atoms with Gasteiger partial charge in [0, 0.05) is 0 Å². The van der Waals surface area contributed by atoms with Crippen LogP contribution in [0.25, 0.3) is 0 Å². The molecule has 90 valence electrons. The Bertz CT molecular complexity index is 327. The summed E-state index contributed by atoms with van der Waals surface area (Å²) in [5.41, 5.74) is 3.58. The van der Waals surface area contributed by atoms with Crippen molar-refractivity contribution in [3.8, 4) is 0 Å². The standard InChI is InChI=1S/C15H24O/c1-6-15(5,16)10-13-9-12(4)7-8-14(13)11(2)3/h6-7,13,16H,1,8-10H2,2-5H3. The first-order valence-electron chi connectivity index (χ1n) is 6.03. The van der Waals surface area contributed by atoms with Crippen LogP contribution in [-0.2, 0) is 0 Å². The first kappa shape index (κ1) is 13.2. The molecule has 0 amide bonds. The summed E-state index contributed by atoms with van der Waals surface area (Å²) in [7, 11) is 0. The summed E-state index contributed by atoms with van der Waals surface area (Å²) in [4.78, 5) is 0. The van der Waals surface area contributed by atoms with Gasteiger partial charge in [-0.2, -0.15) is 0 Å². The fourth-order valence-corrected chi connectivity index (χ4v) is 2.44. The highest BCUT2D eigenvalue weighted by molar-refractivity contribution is 5.25. The molecule has 0 radical (unpaired) electrons.